The summed E-state index contributed by atoms with van der Waals surface area (Å²) >= 11 is 0. The third-order valence-electron chi connectivity index (χ3n) is 4.27. The van der Waals surface area contributed by atoms with Gasteiger partial charge in [0.05, 0.1) is 11.8 Å². The SMILES string of the molecule is O=C1CCC2Cc3ccc(F)cc3C2=C1c1ccco1. The maximum atomic E-state index is 13.6. The summed E-state index contributed by atoms with van der Waals surface area (Å²) in [6.07, 6.45) is 3.85. The summed E-state index contributed by atoms with van der Waals surface area (Å²) < 4.78 is 19.0. The number of Topliss-reactive ketones (excluding diaryl/α,β-unsaturated/α-hetero) is 1. The normalized spacial score (nSPS) is 21.1. The maximum absolute atomic E-state index is 13.6. The number of halogens is 1. The van der Waals surface area contributed by atoms with Crippen molar-refractivity contribution in [1.82, 2.24) is 0 Å². The Balaban J connectivity index is 2.00. The van der Waals surface area contributed by atoms with Crippen LogP contribution in [0, 0.1) is 11.7 Å². The molecule has 2 aromatic rings. The summed E-state index contributed by atoms with van der Waals surface area (Å²) in [5, 5.41) is 0. The molecule has 0 fully saturated rings. The lowest BCUT2D eigenvalue weighted by molar-refractivity contribution is -0.114. The Bertz CT molecular complexity index is 725. The largest absolute Gasteiger partial charge is 0.464 e. The van der Waals surface area contributed by atoms with E-state index in [1.165, 1.54) is 6.07 Å². The molecular formula is C17H13FO2. The second-order valence-electron chi connectivity index (χ2n) is 5.43. The molecule has 1 atom stereocenters. The lowest BCUT2D eigenvalue weighted by atomic mass is 9.81. The van der Waals surface area contributed by atoms with Crippen molar-refractivity contribution >= 4 is 16.9 Å². The van der Waals surface area contributed by atoms with Gasteiger partial charge < -0.3 is 4.42 Å². The lowest BCUT2D eigenvalue weighted by Crippen LogP contribution is -2.15. The van der Waals surface area contributed by atoms with Crippen LogP contribution in [-0.2, 0) is 11.2 Å². The van der Waals surface area contributed by atoms with Gasteiger partial charge in [-0.05, 0) is 59.7 Å². The van der Waals surface area contributed by atoms with Gasteiger partial charge in [0.25, 0.3) is 0 Å². The third-order valence-corrected chi connectivity index (χ3v) is 4.27. The zero-order chi connectivity index (χ0) is 13.7. The molecule has 1 unspecified atom stereocenters. The summed E-state index contributed by atoms with van der Waals surface area (Å²) in [4.78, 5) is 12.3. The molecule has 0 saturated carbocycles. The van der Waals surface area contributed by atoms with Crippen LogP contribution in [0.4, 0.5) is 4.39 Å². The van der Waals surface area contributed by atoms with Crippen LogP contribution in [0.5, 0.6) is 0 Å². The smallest absolute Gasteiger partial charge is 0.166 e. The molecule has 0 N–H and O–H groups in total. The standard InChI is InChI=1S/C17H13FO2/c18-12-5-3-10-8-11-4-6-14(19)17(15-2-1-7-20-15)16(11)13(10)9-12/h1-3,5,7,9,11H,4,6,8H2. The van der Waals surface area contributed by atoms with Crippen molar-refractivity contribution in [3.05, 3.63) is 59.3 Å². The van der Waals surface area contributed by atoms with E-state index in [0.717, 1.165) is 29.5 Å². The summed E-state index contributed by atoms with van der Waals surface area (Å²) in [6, 6.07) is 8.46. The van der Waals surface area contributed by atoms with E-state index in [1.54, 1.807) is 24.5 Å². The minimum atomic E-state index is -0.256. The fraction of sp³-hybridized carbons (Fsp3) is 0.235. The Kier molecular flexibility index (Phi) is 2.43. The Morgan fingerprint density at radius 2 is 2.15 bits per heavy atom. The van der Waals surface area contributed by atoms with Gasteiger partial charge in [0, 0.05) is 6.42 Å². The van der Waals surface area contributed by atoms with Crippen LogP contribution in [0.2, 0.25) is 0 Å². The number of benzene rings is 1. The molecule has 2 aliphatic carbocycles. The number of furan rings is 1. The monoisotopic (exact) mass is 268 g/mol. The summed E-state index contributed by atoms with van der Waals surface area (Å²) in [6.45, 7) is 0. The van der Waals surface area contributed by atoms with Gasteiger partial charge >= 0.3 is 0 Å². The fourth-order valence-corrected chi connectivity index (χ4v) is 3.42. The van der Waals surface area contributed by atoms with Crippen molar-refractivity contribution in [1.29, 1.82) is 0 Å². The highest BCUT2D eigenvalue weighted by molar-refractivity contribution is 6.28. The molecule has 3 heteroatoms. The van der Waals surface area contributed by atoms with E-state index in [1.807, 2.05) is 6.07 Å². The molecule has 20 heavy (non-hydrogen) atoms. The fourth-order valence-electron chi connectivity index (χ4n) is 3.42. The van der Waals surface area contributed by atoms with Crippen molar-refractivity contribution in [2.45, 2.75) is 19.3 Å². The minimum Gasteiger partial charge on any atom is -0.464 e. The third kappa shape index (κ3) is 1.59. The van der Waals surface area contributed by atoms with E-state index < -0.39 is 0 Å². The number of ketones is 1. The molecule has 100 valence electrons. The number of allylic oxidation sites excluding steroid dienone is 2. The predicted octanol–water partition coefficient (Wildman–Crippen LogP) is 3.86. The minimum absolute atomic E-state index is 0.100. The van der Waals surface area contributed by atoms with Gasteiger partial charge in [0.1, 0.15) is 11.6 Å². The first kappa shape index (κ1) is 11.6. The topological polar surface area (TPSA) is 30.2 Å². The molecule has 0 saturated heterocycles. The van der Waals surface area contributed by atoms with E-state index in [4.69, 9.17) is 4.42 Å². The van der Waals surface area contributed by atoms with E-state index >= 15 is 0 Å². The van der Waals surface area contributed by atoms with Crippen LogP contribution < -0.4 is 0 Å². The first-order chi connectivity index (χ1) is 9.74. The van der Waals surface area contributed by atoms with Gasteiger partial charge in [0.2, 0.25) is 0 Å². The van der Waals surface area contributed by atoms with Crippen LogP contribution in [0.15, 0.2) is 41.0 Å². The van der Waals surface area contributed by atoms with E-state index in [-0.39, 0.29) is 11.6 Å². The molecule has 2 nitrogen and oxygen atoms in total. The Morgan fingerprint density at radius 1 is 1.25 bits per heavy atom. The first-order valence-corrected chi connectivity index (χ1v) is 6.84. The number of hydrogen-bond donors (Lipinski definition) is 0. The lowest BCUT2D eigenvalue weighted by Gasteiger charge is -2.21. The highest BCUT2D eigenvalue weighted by Crippen LogP contribution is 2.47. The van der Waals surface area contributed by atoms with Crippen molar-refractivity contribution in [3.8, 4) is 0 Å². The van der Waals surface area contributed by atoms with Crippen molar-refractivity contribution in [2.24, 2.45) is 5.92 Å². The molecule has 2 aliphatic rings. The van der Waals surface area contributed by atoms with Gasteiger partial charge in [-0.2, -0.15) is 0 Å². The van der Waals surface area contributed by atoms with Crippen molar-refractivity contribution in [3.63, 3.8) is 0 Å². The number of fused-ring (bicyclic) bond motifs is 3. The zero-order valence-corrected chi connectivity index (χ0v) is 10.9. The number of carbonyl (C=O) groups excluding carboxylic acids is 1. The molecule has 0 aliphatic heterocycles. The predicted molar refractivity (Wildman–Crippen MR) is 73.4 cm³/mol. The molecule has 1 aromatic carbocycles. The van der Waals surface area contributed by atoms with Crippen molar-refractivity contribution < 1.29 is 13.6 Å². The average Bonchev–Trinajstić information content (AvgIpc) is 3.06. The Labute approximate surface area is 115 Å². The Hall–Kier alpha value is -2.16. The van der Waals surface area contributed by atoms with Gasteiger partial charge in [-0.15, -0.1) is 0 Å². The maximum Gasteiger partial charge on any atom is 0.166 e. The van der Waals surface area contributed by atoms with Crippen molar-refractivity contribution in [2.75, 3.05) is 0 Å². The van der Waals surface area contributed by atoms with Gasteiger partial charge in [-0.3, -0.25) is 4.79 Å². The quantitative estimate of drug-likeness (QED) is 0.786. The van der Waals surface area contributed by atoms with Crippen LogP contribution in [0.25, 0.3) is 11.1 Å². The summed E-state index contributed by atoms with van der Waals surface area (Å²) in [5.41, 5.74) is 3.64. The zero-order valence-electron chi connectivity index (χ0n) is 10.9. The summed E-state index contributed by atoms with van der Waals surface area (Å²) in [7, 11) is 0. The van der Waals surface area contributed by atoms with Gasteiger partial charge in [-0.1, -0.05) is 6.07 Å². The Morgan fingerprint density at radius 3 is 2.95 bits per heavy atom. The average molecular weight is 268 g/mol. The van der Waals surface area contributed by atoms with Crippen LogP contribution in [0.3, 0.4) is 0 Å². The van der Waals surface area contributed by atoms with Crippen LogP contribution in [-0.4, -0.2) is 5.78 Å². The molecule has 0 spiro atoms. The van der Waals surface area contributed by atoms with E-state index in [2.05, 4.69) is 0 Å². The first-order valence-electron chi connectivity index (χ1n) is 6.84. The highest BCUT2D eigenvalue weighted by Gasteiger charge is 2.36. The molecule has 0 bridgehead atoms. The highest BCUT2D eigenvalue weighted by atomic mass is 19.1. The molecule has 0 amide bonds. The molecule has 4 rings (SSSR count). The van der Waals surface area contributed by atoms with E-state index in [9.17, 15) is 9.18 Å². The number of hydrogen-bond acceptors (Lipinski definition) is 2. The number of carbonyl (C=O) groups is 1. The molecule has 1 aromatic heterocycles. The summed E-state index contributed by atoms with van der Waals surface area (Å²) in [5.74, 6) is 0.758. The molecule has 0 radical (unpaired) electrons. The number of rotatable bonds is 1. The van der Waals surface area contributed by atoms with Crippen LogP contribution in [0.1, 0.15) is 29.7 Å². The second kappa shape index (κ2) is 4.17. The molecular weight excluding hydrogens is 255 g/mol. The van der Waals surface area contributed by atoms with Gasteiger partial charge in [0.15, 0.2) is 5.78 Å². The second-order valence-corrected chi connectivity index (χ2v) is 5.43. The van der Waals surface area contributed by atoms with E-state index in [0.29, 0.717) is 23.7 Å². The van der Waals surface area contributed by atoms with Crippen LogP contribution >= 0.6 is 0 Å². The molecule has 1 heterocycles. The van der Waals surface area contributed by atoms with Gasteiger partial charge in [-0.25, -0.2) is 4.39 Å².